The Balaban J connectivity index is 0.00000264. The fourth-order valence-corrected chi connectivity index (χ4v) is 3.03. The van der Waals surface area contributed by atoms with Crippen LogP contribution in [0.3, 0.4) is 0 Å². The lowest BCUT2D eigenvalue weighted by molar-refractivity contribution is -0.136. The zero-order chi connectivity index (χ0) is 16.0. The number of amides is 1. The Hall–Kier alpha value is -0.820. The van der Waals surface area contributed by atoms with Crippen molar-refractivity contribution < 1.29 is 9.53 Å². The highest BCUT2D eigenvalue weighted by Gasteiger charge is 2.39. The average molecular weight is 381 g/mol. The number of halogens is 2. The minimum atomic E-state index is -0.407. The van der Waals surface area contributed by atoms with E-state index in [-0.39, 0.29) is 30.7 Å². The van der Waals surface area contributed by atoms with E-state index >= 15 is 0 Å². The zero-order valence-electron chi connectivity index (χ0n) is 14.7. The molecule has 1 aliphatic rings. The number of nitrogens with zero attached hydrogens (tertiary/aromatic N) is 2. The number of carbonyl (C=O) groups is 1. The van der Waals surface area contributed by atoms with Crippen molar-refractivity contribution in [3.63, 3.8) is 0 Å². The van der Waals surface area contributed by atoms with Crippen LogP contribution in [0.1, 0.15) is 32.5 Å². The Morgan fingerprint density at radius 2 is 2.08 bits per heavy atom. The van der Waals surface area contributed by atoms with E-state index in [2.05, 4.69) is 34.0 Å². The standard InChI is InChI=1S/C16H28N4O2.2ClH/c1-13(2)11-20-9-8-18-14(20)10-19-15(21)16(12-22-3)4-6-17-7-5-16;;/h8-9,13,17H,4-7,10-12H2,1-3H3,(H,19,21);2*1H. The molecule has 0 saturated carbocycles. The molecule has 2 N–H and O–H groups in total. The van der Waals surface area contributed by atoms with Crippen molar-refractivity contribution in [1.82, 2.24) is 20.2 Å². The molecule has 0 atom stereocenters. The lowest BCUT2D eigenvalue weighted by atomic mass is 9.78. The Morgan fingerprint density at radius 3 is 2.67 bits per heavy atom. The number of methoxy groups -OCH3 is 1. The SMILES string of the molecule is COCC1(C(=O)NCc2nccn2CC(C)C)CCNCC1.Cl.Cl. The summed E-state index contributed by atoms with van der Waals surface area (Å²) in [4.78, 5) is 17.0. The Kier molecular flexibility index (Phi) is 10.6. The molecule has 2 rings (SSSR count). The van der Waals surface area contributed by atoms with Gasteiger partial charge < -0.3 is 19.9 Å². The summed E-state index contributed by atoms with van der Waals surface area (Å²) in [7, 11) is 1.66. The number of carbonyl (C=O) groups excluding carboxylic acids is 1. The average Bonchev–Trinajstić information content (AvgIpc) is 2.92. The van der Waals surface area contributed by atoms with Crippen molar-refractivity contribution in [2.75, 3.05) is 26.8 Å². The molecule has 6 nitrogen and oxygen atoms in total. The zero-order valence-corrected chi connectivity index (χ0v) is 16.3. The highest BCUT2D eigenvalue weighted by molar-refractivity contribution is 5.85. The second kappa shape index (κ2) is 10.9. The third-order valence-electron chi connectivity index (χ3n) is 4.23. The second-order valence-electron chi connectivity index (χ2n) is 6.54. The van der Waals surface area contributed by atoms with Gasteiger partial charge in [-0.3, -0.25) is 4.79 Å². The molecular weight excluding hydrogens is 351 g/mol. The lowest BCUT2D eigenvalue weighted by Gasteiger charge is -2.35. The quantitative estimate of drug-likeness (QED) is 0.758. The number of hydrogen-bond donors (Lipinski definition) is 2. The first-order valence-corrected chi connectivity index (χ1v) is 8.05. The molecule has 1 aromatic heterocycles. The first-order chi connectivity index (χ1) is 10.6. The number of rotatable bonds is 7. The van der Waals surface area contributed by atoms with Crippen LogP contribution in [0.25, 0.3) is 0 Å². The van der Waals surface area contributed by atoms with Crippen molar-refractivity contribution in [3.05, 3.63) is 18.2 Å². The molecule has 0 aromatic carbocycles. The van der Waals surface area contributed by atoms with Gasteiger partial charge in [0, 0.05) is 26.0 Å². The molecular formula is C16H30Cl2N4O2. The smallest absolute Gasteiger partial charge is 0.229 e. The van der Waals surface area contributed by atoms with E-state index in [0.29, 0.717) is 19.1 Å². The van der Waals surface area contributed by atoms with Crippen LogP contribution < -0.4 is 10.6 Å². The summed E-state index contributed by atoms with van der Waals surface area (Å²) in [6.45, 7) is 7.92. The van der Waals surface area contributed by atoms with Crippen LogP contribution in [0.5, 0.6) is 0 Å². The van der Waals surface area contributed by atoms with Gasteiger partial charge in [0.1, 0.15) is 5.82 Å². The monoisotopic (exact) mass is 380 g/mol. The van der Waals surface area contributed by atoms with E-state index in [1.165, 1.54) is 0 Å². The summed E-state index contributed by atoms with van der Waals surface area (Å²) in [6.07, 6.45) is 5.39. The van der Waals surface area contributed by atoms with E-state index in [0.717, 1.165) is 38.3 Å². The van der Waals surface area contributed by atoms with E-state index < -0.39 is 5.41 Å². The highest BCUT2D eigenvalue weighted by Crippen LogP contribution is 2.29. The number of hydrogen-bond acceptors (Lipinski definition) is 4. The van der Waals surface area contributed by atoms with Crippen LogP contribution in [-0.2, 0) is 22.6 Å². The van der Waals surface area contributed by atoms with Crippen LogP contribution in [0.2, 0.25) is 0 Å². The van der Waals surface area contributed by atoms with Crippen molar-refractivity contribution in [2.45, 2.75) is 39.8 Å². The number of piperidine rings is 1. The molecule has 0 unspecified atom stereocenters. The number of aromatic nitrogens is 2. The largest absolute Gasteiger partial charge is 0.384 e. The Labute approximate surface area is 156 Å². The molecule has 0 aliphatic carbocycles. The molecule has 0 spiro atoms. The Bertz CT molecular complexity index is 483. The highest BCUT2D eigenvalue weighted by atomic mass is 35.5. The van der Waals surface area contributed by atoms with Crippen molar-refractivity contribution in [3.8, 4) is 0 Å². The van der Waals surface area contributed by atoms with Gasteiger partial charge in [-0.1, -0.05) is 13.8 Å². The van der Waals surface area contributed by atoms with Crippen LogP contribution >= 0.6 is 24.8 Å². The molecule has 1 amide bonds. The molecule has 1 aromatic rings. The van der Waals surface area contributed by atoms with Crippen LogP contribution in [0, 0.1) is 11.3 Å². The summed E-state index contributed by atoms with van der Waals surface area (Å²) in [6, 6.07) is 0. The fourth-order valence-electron chi connectivity index (χ4n) is 3.03. The van der Waals surface area contributed by atoms with Gasteiger partial charge in [-0.15, -0.1) is 24.8 Å². The van der Waals surface area contributed by atoms with Gasteiger partial charge in [-0.25, -0.2) is 4.98 Å². The van der Waals surface area contributed by atoms with Gasteiger partial charge in [-0.2, -0.15) is 0 Å². The van der Waals surface area contributed by atoms with Gasteiger partial charge in [0.2, 0.25) is 5.91 Å². The molecule has 2 heterocycles. The molecule has 1 fully saturated rings. The maximum Gasteiger partial charge on any atom is 0.229 e. The van der Waals surface area contributed by atoms with Crippen molar-refractivity contribution in [1.29, 1.82) is 0 Å². The van der Waals surface area contributed by atoms with Crippen LogP contribution in [0.4, 0.5) is 0 Å². The normalized spacial score (nSPS) is 16.2. The van der Waals surface area contributed by atoms with Gasteiger partial charge in [0.25, 0.3) is 0 Å². The number of nitrogens with one attached hydrogen (secondary N) is 2. The summed E-state index contributed by atoms with van der Waals surface area (Å²) in [5, 5.41) is 6.37. The van der Waals surface area contributed by atoms with E-state index in [9.17, 15) is 4.79 Å². The molecule has 0 radical (unpaired) electrons. The molecule has 24 heavy (non-hydrogen) atoms. The minimum Gasteiger partial charge on any atom is -0.384 e. The van der Waals surface area contributed by atoms with Gasteiger partial charge >= 0.3 is 0 Å². The van der Waals surface area contributed by atoms with Crippen LogP contribution in [0.15, 0.2) is 12.4 Å². The van der Waals surface area contributed by atoms with Crippen molar-refractivity contribution >= 4 is 30.7 Å². The summed E-state index contributed by atoms with van der Waals surface area (Å²) >= 11 is 0. The summed E-state index contributed by atoms with van der Waals surface area (Å²) < 4.78 is 7.42. The van der Waals surface area contributed by atoms with E-state index in [4.69, 9.17) is 4.74 Å². The first-order valence-electron chi connectivity index (χ1n) is 8.05. The third kappa shape index (κ3) is 5.92. The van der Waals surface area contributed by atoms with Gasteiger partial charge in [0.15, 0.2) is 0 Å². The van der Waals surface area contributed by atoms with Crippen LogP contribution in [-0.4, -0.2) is 42.3 Å². The van der Waals surface area contributed by atoms with Gasteiger partial charge in [0.05, 0.1) is 18.6 Å². The predicted molar refractivity (Wildman–Crippen MR) is 99.8 cm³/mol. The predicted octanol–water partition coefficient (Wildman–Crippen LogP) is 2.02. The van der Waals surface area contributed by atoms with E-state index in [1.54, 1.807) is 13.3 Å². The number of imidazole rings is 1. The summed E-state index contributed by atoms with van der Waals surface area (Å²) in [5.74, 6) is 1.53. The lowest BCUT2D eigenvalue weighted by Crippen LogP contribution is -2.50. The topological polar surface area (TPSA) is 68.2 Å². The third-order valence-corrected chi connectivity index (χ3v) is 4.23. The summed E-state index contributed by atoms with van der Waals surface area (Å²) in [5.41, 5.74) is -0.407. The van der Waals surface area contributed by atoms with Crippen molar-refractivity contribution in [2.24, 2.45) is 11.3 Å². The molecule has 0 bridgehead atoms. The molecule has 1 aliphatic heterocycles. The molecule has 1 saturated heterocycles. The fraction of sp³-hybridized carbons (Fsp3) is 0.750. The molecule has 140 valence electrons. The van der Waals surface area contributed by atoms with Gasteiger partial charge in [-0.05, 0) is 31.8 Å². The van der Waals surface area contributed by atoms with E-state index in [1.807, 2.05) is 6.20 Å². The maximum absolute atomic E-state index is 12.7. The first kappa shape index (κ1) is 23.2. The minimum absolute atomic E-state index is 0. The second-order valence-corrected chi connectivity index (χ2v) is 6.54. The Morgan fingerprint density at radius 1 is 1.42 bits per heavy atom. The number of ether oxygens (including phenoxy) is 1. The maximum atomic E-state index is 12.7. The molecule has 8 heteroatoms.